The molecule has 6 heteroatoms. The molecule has 0 spiro atoms. The van der Waals surface area contributed by atoms with Crippen molar-refractivity contribution >= 4 is 23.2 Å². The van der Waals surface area contributed by atoms with Gasteiger partial charge in [0.1, 0.15) is 12.2 Å². The number of hydrogen-bond acceptors (Lipinski definition) is 3. The number of carbonyl (C=O) groups is 2. The number of benzene rings is 2. The van der Waals surface area contributed by atoms with Gasteiger partial charge < -0.3 is 10.2 Å². The Kier molecular flexibility index (Phi) is 5.51. The quantitative estimate of drug-likeness (QED) is 0.896. The molecule has 0 fully saturated rings. The zero-order valence-electron chi connectivity index (χ0n) is 15.0. The highest BCUT2D eigenvalue weighted by atomic mass is 19.1. The number of nitrogens with zero attached hydrogens (tertiary/aromatic N) is 2. The molecule has 2 aromatic carbocycles. The van der Waals surface area contributed by atoms with Gasteiger partial charge >= 0.3 is 0 Å². The van der Waals surface area contributed by atoms with E-state index in [1.165, 1.54) is 24.3 Å². The summed E-state index contributed by atoms with van der Waals surface area (Å²) in [5.74, 6) is -1.14. The smallest absolute Gasteiger partial charge is 0.241 e. The van der Waals surface area contributed by atoms with Crippen LogP contribution in [0.5, 0.6) is 0 Å². The number of carbonyl (C=O) groups excluding carboxylic acids is 2. The lowest BCUT2D eigenvalue weighted by molar-refractivity contribution is -0.118. The van der Waals surface area contributed by atoms with Gasteiger partial charge in [-0.05, 0) is 61.2 Å². The topological polar surface area (TPSA) is 73.2 Å². The summed E-state index contributed by atoms with van der Waals surface area (Å²) >= 11 is 0. The second kappa shape index (κ2) is 8.00. The number of fused-ring (bicyclic) bond motifs is 1. The summed E-state index contributed by atoms with van der Waals surface area (Å²) in [6.45, 7) is 2.41. The lowest BCUT2D eigenvalue weighted by Crippen LogP contribution is -2.35. The summed E-state index contributed by atoms with van der Waals surface area (Å²) in [6.07, 6.45) is 1.51. The molecule has 27 heavy (non-hydrogen) atoms. The molecule has 0 aromatic heterocycles. The minimum Gasteiger partial charge on any atom is -0.326 e. The second-order valence-corrected chi connectivity index (χ2v) is 6.59. The van der Waals surface area contributed by atoms with E-state index >= 15 is 0 Å². The van der Waals surface area contributed by atoms with Crippen LogP contribution in [-0.4, -0.2) is 18.4 Å². The molecule has 3 rings (SSSR count). The number of rotatable bonds is 4. The molecule has 5 nitrogen and oxygen atoms in total. The van der Waals surface area contributed by atoms with E-state index in [-0.39, 0.29) is 24.1 Å². The number of hydrogen-bond donors (Lipinski definition) is 1. The number of halogens is 1. The lowest BCUT2D eigenvalue weighted by Gasteiger charge is -2.29. The summed E-state index contributed by atoms with van der Waals surface area (Å²) in [6, 6.07) is 13.2. The predicted molar refractivity (Wildman–Crippen MR) is 101 cm³/mol. The van der Waals surface area contributed by atoms with Crippen LogP contribution in [0, 0.1) is 17.1 Å². The maximum absolute atomic E-state index is 13.0. The van der Waals surface area contributed by atoms with Crippen molar-refractivity contribution in [3.63, 3.8) is 0 Å². The van der Waals surface area contributed by atoms with Crippen molar-refractivity contribution in [2.75, 3.05) is 16.8 Å². The summed E-state index contributed by atoms with van der Waals surface area (Å²) < 4.78 is 13.0. The Morgan fingerprint density at radius 1 is 1.26 bits per heavy atom. The van der Waals surface area contributed by atoms with E-state index in [1.807, 2.05) is 31.2 Å². The molecule has 2 aromatic rings. The van der Waals surface area contributed by atoms with E-state index < -0.39 is 5.92 Å². The first-order chi connectivity index (χ1) is 13.0. The van der Waals surface area contributed by atoms with Gasteiger partial charge in [-0.15, -0.1) is 0 Å². The summed E-state index contributed by atoms with van der Waals surface area (Å²) in [7, 11) is 0. The average molecular weight is 365 g/mol. The molecule has 1 N–H and O–H groups in total. The molecular formula is C21H20FN3O2. The van der Waals surface area contributed by atoms with Gasteiger partial charge in [-0.3, -0.25) is 9.59 Å². The third kappa shape index (κ3) is 4.14. The van der Waals surface area contributed by atoms with Crippen LogP contribution in [0.15, 0.2) is 42.5 Å². The fourth-order valence-corrected chi connectivity index (χ4v) is 3.24. The Bertz CT molecular complexity index is 903. The fraction of sp³-hybridized carbons (Fsp3) is 0.286. The molecule has 0 saturated heterocycles. The van der Waals surface area contributed by atoms with Crippen molar-refractivity contribution in [1.82, 2.24) is 0 Å². The van der Waals surface area contributed by atoms with E-state index in [0.29, 0.717) is 12.2 Å². The zero-order valence-corrected chi connectivity index (χ0v) is 15.0. The Balaban J connectivity index is 1.77. The van der Waals surface area contributed by atoms with Gasteiger partial charge in [0.15, 0.2) is 0 Å². The Morgan fingerprint density at radius 2 is 2.00 bits per heavy atom. The first-order valence-electron chi connectivity index (χ1n) is 8.86. The van der Waals surface area contributed by atoms with E-state index in [9.17, 15) is 14.0 Å². The molecule has 1 atom stereocenters. The number of nitrogens with one attached hydrogen (secondary N) is 1. The molecule has 1 unspecified atom stereocenters. The van der Waals surface area contributed by atoms with E-state index in [0.717, 1.165) is 29.7 Å². The SMILES string of the molecule is CC(C(=O)Nc1ccc(F)cc1)c1ccc2c(c1)CCCN2C(=O)CC#N. The van der Waals surface area contributed by atoms with Crippen molar-refractivity contribution < 1.29 is 14.0 Å². The predicted octanol–water partition coefficient (Wildman–Crippen LogP) is 3.76. The van der Waals surface area contributed by atoms with Crippen LogP contribution >= 0.6 is 0 Å². The van der Waals surface area contributed by atoms with Gasteiger partial charge in [0, 0.05) is 17.9 Å². The van der Waals surface area contributed by atoms with Crippen molar-refractivity contribution in [2.45, 2.75) is 32.1 Å². The van der Waals surface area contributed by atoms with E-state index in [2.05, 4.69) is 5.32 Å². The van der Waals surface area contributed by atoms with Gasteiger partial charge in [0.2, 0.25) is 11.8 Å². The highest BCUT2D eigenvalue weighted by Crippen LogP contribution is 2.31. The van der Waals surface area contributed by atoms with Crippen LogP contribution in [-0.2, 0) is 16.0 Å². The maximum Gasteiger partial charge on any atom is 0.241 e. The molecule has 2 amide bonds. The minimum atomic E-state index is -0.398. The van der Waals surface area contributed by atoms with Crippen molar-refractivity contribution in [3.8, 4) is 6.07 Å². The van der Waals surface area contributed by atoms with Crippen molar-refractivity contribution in [1.29, 1.82) is 5.26 Å². The normalized spacial score (nSPS) is 14.0. The second-order valence-electron chi connectivity index (χ2n) is 6.59. The Hall–Kier alpha value is -3.20. The van der Waals surface area contributed by atoms with Gasteiger partial charge in [-0.1, -0.05) is 12.1 Å². The number of amides is 2. The first kappa shape index (κ1) is 18.6. The van der Waals surface area contributed by atoms with Gasteiger partial charge in [-0.2, -0.15) is 5.26 Å². The molecule has 138 valence electrons. The highest BCUT2D eigenvalue weighted by Gasteiger charge is 2.24. The molecule has 1 aliphatic heterocycles. The summed E-state index contributed by atoms with van der Waals surface area (Å²) in [5.41, 5.74) is 3.21. The minimum absolute atomic E-state index is 0.141. The van der Waals surface area contributed by atoms with Crippen LogP contribution in [0.3, 0.4) is 0 Å². The van der Waals surface area contributed by atoms with E-state index in [1.54, 1.807) is 4.90 Å². The molecule has 1 heterocycles. The lowest BCUT2D eigenvalue weighted by atomic mass is 9.93. The maximum atomic E-state index is 13.0. The summed E-state index contributed by atoms with van der Waals surface area (Å²) in [5, 5.41) is 11.6. The Labute approximate surface area is 157 Å². The van der Waals surface area contributed by atoms with E-state index in [4.69, 9.17) is 5.26 Å². The van der Waals surface area contributed by atoms with Crippen LogP contribution in [0.25, 0.3) is 0 Å². The standard InChI is InChI=1S/C21H20FN3O2/c1-14(21(27)24-18-7-5-17(22)6-8-18)15-4-9-19-16(13-15)3-2-12-25(19)20(26)10-11-23/h4-9,13-14H,2-3,10,12H2,1H3,(H,24,27). The highest BCUT2D eigenvalue weighted by molar-refractivity contribution is 5.97. The number of nitriles is 1. The molecule has 1 aliphatic rings. The van der Waals surface area contributed by atoms with Crippen LogP contribution in [0.4, 0.5) is 15.8 Å². The average Bonchev–Trinajstić information content (AvgIpc) is 2.68. The largest absolute Gasteiger partial charge is 0.326 e. The third-order valence-electron chi connectivity index (χ3n) is 4.76. The fourth-order valence-electron chi connectivity index (χ4n) is 3.24. The molecular weight excluding hydrogens is 345 g/mol. The summed E-state index contributed by atoms with van der Waals surface area (Å²) in [4.78, 5) is 26.3. The third-order valence-corrected chi connectivity index (χ3v) is 4.76. The number of anilines is 2. The monoisotopic (exact) mass is 365 g/mol. The van der Waals surface area contributed by atoms with Crippen molar-refractivity contribution in [3.05, 3.63) is 59.4 Å². The van der Waals surface area contributed by atoms with Gasteiger partial charge in [0.05, 0.1) is 12.0 Å². The van der Waals surface area contributed by atoms with Gasteiger partial charge in [-0.25, -0.2) is 4.39 Å². The van der Waals surface area contributed by atoms with Crippen molar-refractivity contribution in [2.24, 2.45) is 0 Å². The molecule has 0 aliphatic carbocycles. The van der Waals surface area contributed by atoms with Crippen LogP contribution in [0.2, 0.25) is 0 Å². The molecule has 0 radical (unpaired) electrons. The molecule has 0 bridgehead atoms. The van der Waals surface area contributed by atoms with Crippen LogP contribution in [0.1, 0.15) is 36.8 Å². The molecule has 0 saturated carbocycles. The first-order valence-corrected chi connectivity index (χ1v) is 8.86. The van der Waals surface area contributed by atoms with Gasteiger partial charge in [0.25, 0.3) is 0 Å². The number of aryl methyl sites for hydroxylation is 1. The zero-order chi connectivity index (χ0) is 19.4. The van der Waals surface area contributed by atoms with Crippen LogP contribution < -0.4 is 10.2 Å². The Morgan fingerprint density at radius 3 is 2.70 bits per heavy atom.